The third-order valence-corrected chi connectivity index (χ3v) is 9.22. The van der Waals surface area contributed by atoms with E-state index >= 15 is 0 Å². The highest BCUT2D eigenvalue weighted by atomic mass is 79.9. The minimum absolute atomic E-state index is 0.306. The van der Waals surface area contributed by atoms with Gasteiger partial charge in [0.25, 0.3) is 0 Å². The lowest BCUT2D eigenvalue weighted by molar-refractivity contribution is -0.138. The topological polar surface area (TPSA) is 52.6 Å². The van der Waals surface area contributed by atoms with Crippen molar-refractivity contribution in [3.63, 3.8) is 0 Å². The Labute approximate surface area is 302 Å². The molecule has 0 heterocycles. The summed E-state index contributed by atoms with van der Waals surface area (Å²) in [6.45, 7) is 7.41. The van der Waals surface area contributed by atoms with Crippen molar-refractivity contribution in [2.24, 2.45) is 0 Å². The van der Waals surface area contributed by atoms with E-state index in [1.807, 2.05) is 72.8 Å². The van der Waals surface area contributed by atoms with Crippen molar-refractivity contribution >= 4 is 75.7 Å². The van der Waals surface area contributed by atoms with E-state index in [4.69, 9.17) is 9.47 Å². The fourth-order valence-electron chi connectivity index (χ4n) is 4.14. The van der Waals surface area contributed by atoms with Gasteiger partial charge >= 0.3 is 11.9 Å². The van der Waals surface area contributed by atoms with Crippen molar-refractivity contribution in [2.75, 3.05) is 13.2 Å². The summed E-state index contributed by atoms with van der Waals surface area (Å²) in [7, 11) is 0. The second-order valence-electron chi connectivity index (χ2n) is 9.76. The van der Waals surface area contributed by atoms with Crippen LogP contribution in [0, 0.1) is 23.7 Å². The van der Waals surface area contributed by atoms with E-state index in [9.17, 15) is 9.59 Å². The number of carbonyl (C=O) groups is 2. The second-order valence-corrected chi connectivity index (χ2v) is 13.2. The van der Waals surface area contributed by atoms with E-state index in [1.165, 1.54) is 0 Å². The molecular weight excluding hydrogens is 840 g/mol. The molecule has 0 atom stereocenters. The molecule has 0 spiro atoms. The maximum Gasteiger partial charge on any atom is 0.330 e. The zero-order valence-electron chi connectivity index (χ0n) is 24.5. The molecule has 4 aromatic rings. The lowest BCUT2D eigenvalue weighted by atomic mass is 10.0. The first-order valence-electron chi connectivity index (χ1n) is 14.0. The number of esters is 2. The van der Waals surface area contributed by atoms with Gasteiger partial charge in [0, 0.05) is 65.1 Å². The summed E-state index contributed by atoms with van der Waals surface area (Å²) in [6, 6.07) is 23.8. The van der Waals surface area contributed by atoms with E-state index in [2.05, 4.69) is 101 Å². The summed E-state index contributed by atoms with van der Waals surface area (Å²) in [6.07, 6.45) is 3.57. The zero-order valence-corrected chi connectivity index (χ0v) is 30.8. The first kappa shape index (κ1) is 35.2. The van der Waals surface area contributed by atoms with Gasteiger partial charge in [-0.05, 0) is 103 Å². The van der Waals surface area contributed by atoms with Crippen LogP contribution >= 0.6 is 63.7 Å². The summed E-state index contributed by atoms with van der Waals surface area (Å²) in [5.41, 5.74) is 7.53. The largest absolute Gasteiger partial charge is 0.462 e. The van der Waals surface area contributed by atoms with E-state index < -0.39 is 11.9 Å². The molecule has 0 aliphatic carbocycles. The van der Waals surface area contributed by atoms with E-state index in [0.29, 0.717) is 26.1 Å². The zero-order chi connectivity index (χ0) is 33.1. The molecule has 0 saturated heterocycles. The van der Waals surface area contributed by atoms with Gasteiger partial charge in [-0.2, -0.15) is 0 Å². The van der Waals surface area contributed by atoms with Gasteiger partial charge in [0.2, 0.25) is 0 Å². The molecule has 0 amide bonds. The lowest BCUT2D eigenvalue weighted by Crippen LogP contribution is -2.04. The average Bonchev–Trinajstić information content (AvgIpc) is 3.06. The Kier molecular flexibility index (Phi) is 13.2. The van der Waals surface area contributed by atoms with Gasteiger partial charge in [-0.25, -0.2) is 9.59 Å². The van der Waals surface area contributed by atoms with Gasteiger partial charge in [-0.3, -0.25) is 0 Å². The molecular formula is C38H26Br4O4. The van der Waals surface area contributed by atoms with Crippen LogP contribution in [0.5, 0.6) is 0 Å². The Morgan fingerprint density at radius 2 is 0.935 bits per heavy atom. The van der Waals surface area contributed by atoms with Gasteiger partial charge in [0.15, 0.2) is 0 Å². The van der Waals surface area contributed by atoms with Crippen molar-refractivity contribution in [1.82, 2.24) is 0 Å². The highest BCUT2D eigenvalue weighted by Gasteiger charge is 2.13. The van der Waals surface area contributed by atoms with Crippen LogP contribution in [0.1, 0.15) is 33.4 Å². The number of hydrogen-bond acceptors (Lipinski definition) is 4. The van der Waals surface area contributed by atoms with Crippen LogP contribution in [-0.4, -0.2) is 25.2 Å². The molecule has 0 fully saturated rings. The third-order valence-electron chi connectivity index (χ3n) is 6.60. The first-order valence-corrected chi connectivity index (χ1v) is 17.1. The van der Waals surface area contributed by atoms with E-state index in [1.54, 1.807) is 0 Å². The quantitative estimate of drug-likeness (QED) is 0.0956. The van der Waals surface area contributed by atoms with Gasteiger partial charge < -0.3 is 9.47 Å². The maximum atomic E-state index is 11.2. The maximum absolute atomic E-state index is 11.2. The van der Waals surface area contributed by atoms with Crippen LogP contribution in [-0.2, 0) is 31.9 Å². The normalized spacial score (nSPS) is 10.1. The molecule has 0 radical (unpaired) electrons. The Morgan fingerprint density at radius 1 is 0.565 bits per heavy atom. The molecule has 4 rings (SSSR count). The van der Waals surface area contributed by atoms with E-state index in [0.717, 1.165) is 74.6 Å². The van der Waals surface area contributed by atoms with Crippen LogP contribution in [0.4, 0.5) is 0 Å². The summed E-state index contributed by atoms with van der Waals surface area (Å²) in [4.78, 5) is 22.4. The second kappa shape index (κ2) is 17.3. The molecule has 0 unspecified atom stereocenters. The van der Waals surface area contributed by atoms with Crippen molar-refractivity contribution in [3.8, 4) is 34.8 Å². The Bertz CT molecular complexity index is 1760. The molecule has 4 aromatic carbocycles. The molecule has 230 valence electrons. The fraction of sp³-hybridized carbons (Fsp3) is 0.105. The predicted molar refractivity (Wildman–Crippen MR) is 197 cm³/mol. The number of hydrogen-bond donors (Lipinski definition) is 0. The number of rotatable bonds is 9. The van der Waals surface area contributed by atoms with E-state index in [-0.39, 0.29) is 0 Å². The number of benzene rings is 4. The fourth-order valence-corrected chi connectivity index (χ4v) is 6.14. The van der Waals surface area contributed by atoms with Crippen molar-refractivity contribution in [2.45, 2.75) is 12.8 Å². The standard InChI is InChI=1S/C38H26Br4O4/c1-3-37(43)45-19-17-27-9-5-25(6-10-27)13-15-29-21-35(41)31(23-33(29)39)32-24-34(40)30(22-36(32)42)16-14-26-7-11-28(12-8-26)18-20-46-38(44)4-2/h3-12,21-24H,1-2,17-20H2. The van der Waals surface area contributed by atoms with Gasteiger partial charge in [-0.1, -0.05) is 93.0 Å². The predicted octanol–water partition coefficient (Wildman–Crippen LogP) is 9.75. The Morgan fingerprint density at radius 3 is 1.28 bits per heavy atom. The number of ether oxygens (including phenoxy) is 2. The Balaban J connectivity index is 1.45. The van der Waals surface area contributed by atoms with Crippen LogP contribution in [0.2, 0.25) is 0 Å². The molecule has 0 N–H and O–H groups in total. The monoisotopic (exact) mass is 862 g/mol. The highest BCUT2D eigenvalue weighted by molar-refractivity contribution is 9.11. The SMILES string of the molecule is C=CC(=O)OCCc1ccc(C#Cc2cc(Br)c(-c3cc(Br)c(C#Cc4ccc(CCOC(=O)C=C)cc4)cc3Br)cc2Br)cc1. The van der Waals surface area contributed by atoms with Crippen LogP contribution in [0.25, 0.3) is 11.1 Å². The smallest absolute Gasteiger partial charge is 0.330 e. The van der Waals surface area contributed by atoms with Gasteiger partial charge in [0.05, 0.1) is 13.2 Å². The molecule has 0 saturated carbocycles. The average molecular weight is 866 g/mol. The number of halogens is 4. The molecule has 0 aromatic heterocycles. The molecule has 0 aliphatic heterocycles. The minimum Gasteiger partial charge on any atom is -0.462 e. The lowest BCUT2D eigenvalue weighted by Gasteiger charge is -2.11. The molecule has 0 aliphatic rings. The minimum atomic E-state index is -0.421. The summed E-state index contributed by atoms with van der Waals surface area (Å²) < 4.78 is 13.6. The summed E-state index contributed by atoms with van der Waals surface area (Å²) in [5, 5.41) is 0. The van der Waals surface area contributed by atoms with Crippen molar-refractivity contribution < 1.29 is 19.1 Å². The summed E-state index contributed by atoms with van der Waals surface area (Å²) >= 11 is 14.9. The van der Waals surface area contributed by atoms with Crippen LogP contribution in [0.3, 0.4) is 0 Å². The van der Waals surface area contributed by atoms with Crippen molar-refractivity contribution in [1.29, 1.82) is 0 Å². The van der Waals surface area contributed by atoms with Gasteiger partial charge in [0.1, 0.15) is 0 Å². The Hall–Kier alpha value is -3.66. The van der Waals surface area contributed by atoms with Crippen LogP contribution in [0.15, 0.2) is 116 Å². The number of carbonyl (C=O) groups excluding carboxylic acids is 2. The van der Waals surface area contributed by atoms with Gasteiger partial charge in [-0.15, -0.1) is 0 Å². The summed E-state index contributed by atoms with van der Waals surface area (Å²) in [5.74, 6) is 12.1. The molecule has 4 nitrogen and oxygen atoms in total. The highest BCUT2D eigenvalue weighted by Crippen LogP contribution is 2.39. The van der Waals surface area contributed by atoms with Crippen molar-refractivity contribution in [3.05, 3.63) is 149 Å². The third kappa shape index (κ3) is 10.2. The molecule has 46 heavy (non-hydrogen) atoms. The van der Waals surface area contributed by atoms with Crippen LogP contribution < -0.4 is 0 Å². The molecule has 0 bridgehead atoms. The molecule has 8 heteroatoms. The first-order chi connectivity index (χ1) is 22.2.